The maximum Gasteiger partial charge on any atom is 0.231 e. The Bertz CT molecular complexity index is 395. The van der Waals surface area contributed by atoms with Crippen LogP contribution in [0, 0.1) is 0 Å². The second-order valence-electron chi connectivity index (χ2n) is 4.07. The van der Waals surface area contributed by atoms with Crippen molar-refractivity contribution >= 4 is 0 Å². The van der Waals surface area contributed by atoms with E-state index in [1.807, 2.05) is 0 Å². The molecule has 0 saturated heterocycles. The largest absolute Gasteiger partial charge is 0.493 e. The van der Waals surface area contributed by atoms with Crippen LogP contribution in [-0.2, 0) is 6.61 Å². The number of halogens is 1. The Labute approximate surface area is 105 Å². The zero-order valence-corrected chi connectivity index (χ0v) is 10.2. The molecule has 1 N–H and O–H groups in total. The smallest absolute Gasteiger partial charge is 0.231 e. The van der Waals surface area contributed by atoms with Gasteiger partial charge in [0.25, 0.3) is 0 Å². The summed E-state index contributed by atoms with van der Waals surface area (Å²) in [5.74, 6) is 1.86. The molecule has 0 aromatic heterocycles. The van der Waals surface area contributed by atoms with Crippen molar-refractivity contribution in [2.45, 2.75) is 25.9 Å². The van der Waals surface area contributed by atoms with E-state index in [1.54, 1.807) is 12.1 Å². The van der Waals surface area contributed by atoms with E-state index in [4.69, 9.17) is 14.2 Å². The second kappa shape index (κ2) is 6.44. The van der Waals surface area contributed by atoms with Crippen LogP contribution in [0.5, 0.6) is 17.2 Å². The van der Waals surface area contributed by atoms with Gasteiger partial charge in [0.2, 0.25) is 6.79 Å². The third-order valence-electron chi connectivity index (χ3n) is 2.76. The van der Waals surface area contributed by atoms with Crippen molar-refractivity contribution < 1.29 is 23.7 Å². The van der Waals surface area contributed by atoms with E-state index in [0.29, 0.717) is 35.8 Å². The normalized spacial score (nSPS) is 12.8. The molecule has 0 bridgehead atoms. The summed E-state index contributed by atoms with van der Waals surface area (Å²) >= 11 is 0. The number of aliphatic hydroxyl groups is 1. The first kappa shape index (κ1) is 13.0. The molecule has 0 unspecified atom stereocenters. The molecule has 0 aliphatic carbocycles. The van der Waals surface area contributed by atoms with Crippen LogP contribution in [0.1, 0.15) is 24.8 Å². The molecular weight excluding hydrogens is 239 g/mol. The van der Waals surface area contributed by atoms with Crippen molar-refractivity contribution in [3.63, 3.8) is 0 Å². The first-order valence-corrected chi connectivity index (χ1v) is 6.07. The van der Waals surface area contributed by atoms with E-state index >= 15 is 0 Å². The Morgan fingerprint density at radius 2 is 1.94 bits per heavy atom. The van der Waals surface area contributed by atoms with Crippen molar-refractivity contribution in [1.82, 2.24) is 0 Å². The Hall–Kier alpha value is -1.49. The molecular formula is C13H17FO4. The molecule has 0 atom stereocenters. The maximum atomic E-state index is 11.9. The third kappa shape index (κ3) is 3.04. The van der Waals surface area contributed by atoms with Gasteiger partial charge in [-0.25, -0.2) is 0 Å². The SMILES string of the molecule is OCc1cc2c(cc1OCCCCCF)OCO2. The van der Waals surface area contributed by atoms with Crippen LogP contribution < -0.4 is 14.2 Å². The average Bonchev–Trinajstić information content (AvgIpc) is 2.84. The highest BCUT2D eigenvalue weighted by molar-refractivity contribution is 5.51. The molecule has 0 radical (unpaired) electrons. The fourth-order valence-electron chi connectivity index (χ4n) is 1.78. The predicted molar refractivity (Wildman–Crippen MR) is 63.8 cm³/mol. The Kier molecular flexibility index (Phi) is 4.64. The lowest BCUT2D eigenvalue weighted by molar-refractivity contribution is 0.173. The number of hydrogen-bond donors (Lipinski definition) is 1. The van der Waals surface area contributed by atoms with Gasteiger partial charge in [-0.3, -0.25) is 4.39 Å². The molecule has 100 valence electrons. The summed E-state index contributed by atoms with van der Waals surface area (Å²) in [6.07, 6.45) is 2.16. The predicted octanol–water partition coefficient (Wildman–Crippen LogP) is 2.43. The lowest BCUT2D eigenvalue weighted by atomic mass is 10.2. The van der Waals surface area contributed by atoms with Gasteiger partial charge in [-0.2, -0.15) is 0 Å². The lowest BCUT2D eigenvalue weighted by Gasteiger charge is -2.11. The number of hydrogen-bond acceptors (Lipinski definition) is 4. The summed E-state index contributed by atoms with van der Waals surface area (Å²) < 4.78 is 28.0. The van der Waals surface area contributed by atoms with Gasteiger partial charge in [0.05, 0.1) is 19.9 Å². The molecule has 1 heterocycles. The van der Waals surface area contributed by atoms with E-state index in [0.717, 1.165) is 12.8 Å². The topological polar surface area (TPSA) is 47.9 Å². The monoisotopic (exact) mass is 256 g/mol. The number of benzene rings is 1. The quantitative estimate of drug-likeness (QED) is 0.761. The molecule has 5 heteroatoms. The number of rotatable bonds is 7. The molecule has 1 aromatic rings. The average molecular weight is 256 g/mol. The Morgan fingerprint density at radius 3 is 2.67 bits per heavy atom. The van der Waals surface area contributed by atoms with Gasteiger partial charge >= 0.3 is 0 Å². The van der Waals surface area contributed by atoms with E-state index in [9.17, 15) is 9.50 Å². The van der Waals surface area contributed by atoms with Gasteiger partial charge in [0.1, 0.15) is 5.75 Å². The molecule has 0 fully saturated rings. The lowest BCUT2D eigenvalue weighted by Crippen LogP contribution is -2.00. The molecule has 1 aromatic carbocycles. The molecule has 1 aliphatic heterocycles. The minimum atomic E-state index is -0.286. The van der Waals surface area contributed by atoms with Crippen LogP contribution in [0.4, 0.5) is 4.39 Å². The van der Waals surface area contributed by atoms with Crippen molar-refractivity contribution in [3.8, 4) is 17.2 Å². The minimum absolute atomic E-state index is 0.115. The fraction of sp³-hybridized carbons (Fsp3) is 0.538. The van der Waals surface area contributed by atoms with Crippen LogP contribution in [0.25, 0.3) is 0 Å². The number of fused-ring (bicyclic) bond motifs is 1. The standard InChI is InChI=1S/C13H17FO4/c14-4-2-1-3-5-16-11-7-13-12(17-9-18-13)6-10(11)8-15/h6-7,15H,1-5,8-9H2. The van der Waals surface area contributed by atoms with E-state index in [-0.39, 0.29) is 20.1 Å². The van der Waals surface area contributed by atoms with Crippen LogP contribution in [0.3, 0.4) is 0 Å². The summed E-state index contributed by atoms with van der Waals surface area (Å²) in [5.41, 5.74) is 0.671. The first-order valence-electron chi connectivity index (χ1n) is 6.07. The third-order valence-corrected chi connectivity index (χ3v) is 2.76. The van der Waals surface area contributed by atoms with E-state index < -0.39 is 0 Å². The molecule has 1 aliphatic rings. The Balaban J connectivity index is 1.94. The molecule has 0 spiro atoms. The zero-order chi connectivity index (χ0) is 12.8. The first-order chi connectivity index (χ1) is 8.85. The molecule has 0 saturated carbocycles. The van der Waals surface area contributed by atoms with Gasteiger partial charge in [-0.05, 0) is 25.3 Å². The summed E-state index contributed by atoms with van der Waals surface area (Å²) in [4.78, 5) is 0. The van der Waals surface area contributed by atoms with Gasteiger partial charge < -0.3 is 19.3 Å². The number of alkyl halides is 1. The zero-order valence-electron chi connectivity index (χ0n) is 10.2. The molecule has 4 nitrogen and oxygen atoms in total. The van der Waals surface area contributed by atoms with Gasteiger partial charge in [0, 0.05) is 11.6 Å². The van der Waals surface area contributed by atoms with E-state index in [2.05, 4.69) is 0 Å². The van der Waals surface area contributed by atoms with Crippen molar-refractivity contribution in [1.29, 1.82) is 0 Å². The molecule has 2 rings (SSSR count). The number of ether oxygens (including phenoxy) is 3. The van der Waals surface area contributed by atoms with Gasteiger partial charge in [-0.1, -0.05) is 0 Å². The van der Waals surface area contributed by atoms with Gasteiger partial charge in [-0.15, -0.1) is 0 Å². The molecule has 0 amide bonds. The van der Waals surface area contributed by atoms with Crippen LogP contribution in [0.2, 0.25) is 0 Å². The highest BCUT2D eigenvalue weighted by Gasteiger charge is 2.17. The summed E-state index contributed by atoms with van der Waals surface area (Å²) in [5, 5.41) is 9.26. The minimum Gasteiger partial charge on any atom is -0.493 e. The molecule has 18 heavy (non-hydrogen) atoms. The van der Waals surface area contributed by atoms with E-state index in [1.165, 1.54) is 0 Å². The van der Waals surface area contributed by atoms with Crippen molar-refractivity contribution in [3.05, 3.63) is 17.7 Å². The number of aliphatic hydroxyl groups excluding tert-OH is 1. The second-order valence-corrected chi connectivity index (χ2v) is 4.07. The van der Waals surface area contributed by atoms with Crippen LogP contribution >= 0.6 is 0 Å². The Morgan fingerprint density at radius 1 is 1.17 bits per heavy atom. The maximum absolute atomic E-state index is 11.9. The highest BCUT2D eigenvalue weighted by Crippen LogP contribution is 2.38. The summed E-state index contributed by atoms with van der Waals surface area (Å²) in [7, 11) is 0. The van der Waals surface area contributed by atoms with Crippen molar-refractivity contribution in [2.24, 2.45) is 0 Å². The number of unbranched alkanes of at least 4 members (excludes halogenated alkanes) is 2. The van der Waals surface area contributed by atoms with Crippen LogP contribution in [-0.4, -0.2) is 25.2 Å². The van der Waals surface area contributed by atoms with Crippen molar-refractivity contribution in [2.75, 3.05) is 20.1 Å². The summed E-state index contributed by atoms with van der Waals surface area (Å²) in [6, 6.07) is 3.45. The van der Waals surface area contributed by atoms with Gasteiger partial charge in [0.15, 0.2) is 11.5 Å². The summed E-state index contributed by atoms with van der Waals surface area (Å²) in [6.45, 7) is 0.301. The highest BCUT2D eigenvalue weighted by atomic mass is 19.1. The fourth-order valence-corrected chi connectivity index (χ4v) is 1.78. The van der Waals surface area contributed by atoms with Crippen LogP contribution in [0.15, 0.2) is 12.1 Å².